The lowest BCUT2D eigenvalue weighted by Gasteiger charge is -2.13. The van der Waals surface area contributed by atoms with Crippen molar-refractivity contribution >= 4 is 14.1 Å². The van der Waals surface area contributed by atoms with Crippen molar-refractivity contribution in [3.63, 3.8) is 0 Å². The van der Waals surface area contributed by atoms with Crippen LogP contribution in [0.5, 0.6) is 0 Å². The normalized spacial score (nSPS) is 13.4. The second-order valence-corrected chi connectivity index (χ2v) is 12.7. The molecule has 25 heavy (non-hydrogen) atoms. The van der Waals surface area contributed by atoms with Gasteiger partial charge < -0.3 is 0 Å². The molecule has 0 N–H and O–H groups in total. The maximum absolute atomic E-state index is 2.54. The molecule has 2 rings (SSSR count). The second-order valence-electron chi connectivity index (χ2n) is 7.70. The summed E-state index contributed by atoms with van der Waals surface area (Å²) in [4.78, 5) is 0. The van der Waals surface area contributed by atoms with Gasteiger partial charge in [-0.25, -0.2) is 0 Å². The first-order chi connectivity index (χ1) is 11.9. The van der Waals surface area contributed by atoms with Crippen molar-refractivity contribution in [1.82, 2.24) is 0 Å². The van der Waals surface area contributed by atoms with Crippen LogP contribution in [0.1, 0.15) is 24.5 Å². The molecule has 0 aliphatic carbocycles. The van der Waals surface area contributed by atoms with Crippen molar-refractivity contribution in [3.8, 4) is 0 Å². The van der Waals surface area contributed by atoms with Crippen LogP contribution < -0.4 is 0 Å². The highest BCUT2D eigenvalue weighted by Crippen LogP contribution is 2.17. The molecular formula is C24H30Si. The topological polar surface area (TPSA) is 0 Å². The second kappa shape index (κ2) is 9.38. The molecule has 0 spiro atoms. The minimum atomic E-state index is -1.24. The predicted molar refractivity (Wildman–Crippen MR) is 115 cm³/mol. The molecule has 2 aromatic rings. The van der Waals surface area contributed by atoms with Crippen LogP contribution in [-0.2, 0) is 6.42 Å². The minimum absolute atomic E-state index is 1.10. The molecule has 0 nitrogen and oxygen atoms in total. The van der Waals surface area contributed by atoms with Gasteiger partial charge >= 0.3 is 0 Å². The lowest BCUT2D eigenvalue weighted by Crippen LogP contribution is -2.16. The SMILES string of the molecule is CC(/C=C/c1ccccc1)=C\C(=C/[Si](C)(C)C)CCc1ccccc1. The van der Waals surface area contributed by atoms with Crippen LogP contribution >= 0.6 is 0 Å². The quantitative estimate of drug-likeness (QED) is 0.371. The highest BCUT2D eigenvalue weighted by Gasteiger charge is 2.10. The molecule has 0 bridgehead atoms. The summed E-state index contributed by atoms with van der Waals surface area (Å²) in [5.74, 6) is 0. The lowest BCUT2D eigenvalue weighted by atomic mass is 10.0. The zero-order valence-corrected chi connectivity index (χ0v) is 17.0. The van der Waals surface area contributed by atoms with E-state index >= 15 is 0 Å². The summed E-state index contributed by atoms with van der Waals surface area (Å²) >= 11 is 0. The van der Waals surface area contributed by atoms with Crippen LogP contribution in [0.3, 0.4) is 0 Å². The fraction of sp³-hybridized carbons (Fsp3) is 0.250. The third-order valence-electron chi connectivity index (χ3n) is 3.91. The first-order valence-corrected chi connectivity index (χ1v) is 12.7. The minimum Gasteiger partial charge on any atom is -0.0918 e. The number of rotatable bonds is 7. The molecule has 0 amide bonds. The third-order valence-corrected chi connectivity index (χ3v) is 5.15. The summed E-state index contributed by atoms with van der Waals surface area (Å²) in [5, 5.41) is 0. The zero-order chi connectivity index (χ0) is 18.1. The fourth-order valence-corrected chi connectivity index (χ4v) is 4.15. The van der Waals surface area contributed by atoms with Gasteiger partial charge in [0, 0.05) is 0 Å². The van der Waals surface area contributed by atoms with E-state index in [2.05, 4.69) is 111 Å². The Morgan fingerprint density at radius 2 is 1.48 bits per heavy atom. The van der Waals surface area contributed by atoms with Gasteiger partial charge in [0.2, 0.25) is 0 Å². The summed E-state index contributed by atoms with van der Waals surface area (Å²) < 4.78 is 0. The van der Waals surface area contributed by atoms with Gasteiger partial charge in [-0.05, 0) is 30.9 Å². The van der Waals surface area contributed by atoms with E-state index in [1.807, 2.05) is 0 Å². The van der Waals surface area contributed by atoms with Crippen LogP contribution in [0.25, 0.3) is 6.08 Å². The smallest absolute Gasteiger partial charge is 0.0690 e. The third kappa shape index (κ3) is 8.00. The van der Waals surface area contributed by atoms with E-state index < -0.39 is 8.07 Å². The lowest BCUT2D eigenvalue weighted by molar-refractivity contribution is 0.964. The van der Waals surface area contributed by atoms with Crippen LogP contribution in [0.2, 0.25) is 19.6 Å². The summed E-state index contributed by atoms with van der Waals surface area (Å²) in [6, 6.07) is 21.3. The van der Waals surface area contributed by atoms with Gasteiger partial charge in [-0.2, -0.15) is 0 Å². The van der Waals surface area contributed by atoms with Crippen molar-refractivity contribution in [2.24, 2.45) is 0 Å². The van der Waals surface area contributed by atoms with E-state index in [4.69, 9.17) is 0 Å². The molecule has 0 atom stereocenters. The van der Waals surface area contributed by atoms with E-state index in [0.717, 1.165) is 12.8 Å². The van der Waals surface area contributed by atoms with Crippen molar-refractivity contribution in [2.45, 2.75) is 39.4 Å². The Morgan fingerprint density at radius 3 is 2.08 bits per heavy atom. The first kappa shape index (κ1) is 19.2. The number of allylic oxidation sites excluding steroid dienone is 4. The average Bonchev–Trinajstić information content (AvgIpc) is 2.58. The van der Waals surface area contributed by atoms with Crippen LogP contribution in [0.4, 0.5) is 0 Å². The highest BCUT2D eigenvalue weighted by molar-refractivity contribution is 6.81. The Balaban J connectivity index is 2.12. The molecule has 0 aliphatic rings. The number of aryl methyl sites for hydroxylation is 1. The fourth-order valence-electron chi connectivity index (χ4n) is 2.81. The van der Waals surface area contributed by atoms with Crippen LogP contribution in [0.15, 0.2) is 89.7 Å². The zero-order valence-electron chi connectivity index (χ0n) is 16.0. The molecular weight excluding hydrogens is 316 g/mol. The summed E-state index contributed by atoms with van der Waals surface area (Å²) in [6.45, 7) is 9.40. The molecule has 0 aromatic heterocycles. The monoisotopic (exact) mass is 346 g/mol. The maximum atomic E-state index is 2.54. The molecule has 0 fully saturated rings. The van der Waals surface area contributed by atoms with Crippen molar-refractivity contribution in [1.29, 1.82) is 0 Å². The molecule has 1 heteroatoms. The molecule has 0 aliphatic heterocycles. The average molecular weight is 347 g/mol. The number of hydrogen-bond acceptors (Lipinski definition) is 0. The van der Waals surface area contributed by atoms with Gasteiger partial charge in [-0.1, -0.05) is 115 Å². The highest BCUT2D eigenvalue weighted by atomic mass is 28.3. The van der Waals surface area contributed by atoms with E-state index in [0.29, 0.717) is 0 Å². The van der Waals surface area contributed by atoms with Gasteiger partial charge in [0.05, 0.1) is 8.07 Å². The standard InChI is InChI=1S/C24H30Si/c1-21(15-16-22-11-7-5-8-12-22)19-24(20-25(2,3)4)18-17-23-13-9-6-10-14-23/h5-16,19-20H,17-18H2,1-4H3/b16-15+,21-19+,24-20-. The summed E-state index contributed by atoms with van der Waals surface area (Å²) in [6.07, 6.45) is 8.97. The van der Waals surface area contributed by atoms with Crippen LogP contribution in [-0.4, -0.2) is 8.07 Å². The van der Waals surface area contributed by atoms with Gasteiger partial charge in [-0.3, -0.25) is 0 Å². The first-order valence-electron chi connectivity index (χ1n) is 9.09. The summed E-state index contributed by atoms with van der Waals surface area (Å²) in [7, 11) is -1.24. The molecule has 130 valence electrons. The van der Waals surface area contributed by atoms with Gasteiger partial charge in [-0.15, -0.1) is 0 Å². The predicted octanol–water partition coefficient (Wildman–Crippen LogP) is 7.08. The van der Waals surface area contributed by atoms with Crippen molar-refractivity contribution < 1.29 is 0 Å². The Bertz CT molecular complexity index is 729. The maximum Gasteiger partial charge on any atom is 0.0690 e. The van der Waals surface area contributed by atoms with E-state index in [1.165, 1.54) is 22.3 Å². The number of hydrogen-bond donors (Lipinski definition) is 0. The Hall–Kier alpha value is -2.12. The Labute approximate surface area is 154 Å². The van der Waals surface area contributed by atoms with Crippen molar-refractivity contribution in [2.75, 3.05) is 0 Å². The molecule has 0 saturated heterocycles. The molecule has 0 unspecified atom stereocenters. The Morgan fingerprint density at radius 1 is 0.880 bits per heavy atom. The Kier molecular flexibility index (Phi) is 7.21. The van der Waals surface area contributed by atoms with E-state index in [9.17, 15) is 0 Å². The van der Waals surface area contributed by atoms with Gasteiger partial charge in [0.1, 0.15) is 0 Å². The van der Waals surface area contributed by atoms with E-state index in [1.54, 1.807) is 0 Å². The number of benzene rings is 2. The molecule has 2 aromatic carbocycles. The van der Waals surface area contributed by atoms with Crippen LogP contribution in [0, 0.1) is 0 Å². The van der Waals surface area contributed by atoms with Crippen molar-refractivity contribution in [3.05, 3.63) is 101 Å². The molecule has 0 heterocycles. The largest absolute Gasteiger partial charge is 0.0918 e. The summed E-state index contributed by atoms with van der Waals surface area (Å²) in [5.41, 5.74) is 7.97. The molecule has 0 radical (unpaired) electrons. The molecule has 0 saturated carbocycles. The van der Waals surface area contributed by atoms with E-state index in [-0.39, 0.29) is 0 Å². The van der Waals surface area contributed by atoms with Gasteiger partial charge in [0.15, 0.2) is 0 Å². The van der Waals surface area contributed by atoms with Gasteiger partial charge in [0.25, 0.3) is 0 Å².